The zero-order valence-corrected chi connectivity index (χ0v) is 14.9. The monoisotopic (exact) mass is 368 g/mol. The summed E-state index contributed by atoms with van der Waals surface area (Å²) in [5.74, 6) is -0.952. The van der Waals surface area contributed by atoms with Crippen molar-refractivity contribution in [2.75, 3.05) is 18.6 Å². The van der Waals surface area contributed by atoms with Gasteiger partial charge >= 0.3 is 0 Å². The van der Waals surface area contributed by atoms with Gasteiger partial charge in [0.15, 0.2) is 0 Å². The molecule has 1 heterocycles. The molecule has 0 spiro atoms. The lowest BCUT2D eigenvalue weighted by atomic mass is 9.83. The second-order valence-corrected chi connectivity index (χ2v) is 7.07. The molecule has 0 bridgehead atoms. The van der Waals surface area contributed by atoms with Crippen LogP contribution in [0.5, 0.6) is 0 Å². The highest BCUT2D eigenvalue weighted by atomic mass is 35.5. The highest BCUT2D eigenvalue weighted by Crippen LogP contribution is 2.32. The Morgan fingerprint density at radius 1 is 1.36 bits per heavy atom. The summed E-state index contributed by atoms with van der Waals surface area (Å²) in [5.41, 5.74) is -0.294. The molecule has 1 N–H and O–H groups in total. The van der Waals surface area contributed by atoms with Crippen LogP contribution in [0, 0.1) is 5.82 Å². The summed E-state index contributed by atoms with van der Waals surface area (Å²) in [6.45, 7) is 0.450. The van der Waals surface area contributed by atoms with Crippen molar-refractivity contribution in [1.82, 2.24) is 5.32 Å². The van der Waals surface area contributed by atoms with Crippen LogP contribution in [0.2, 0.25) is 5.02 Å². The molecule has 1 unspecified atom stereocenters. The average Bonchev–Trinajstić information content (AvgIpc) is 2.98. The average molecular weight is 369 g/mol. The molecular weight excluding hydrogens is 347 g/mol. The Bertz CT molecular complexity index is 676. The van der Waals surface area contributed by atoms with Gasteiger partial charge in [0.25, 0.3) is 5.91 Å². The van der Waals surface area contributed by atoms with E-state index in [0.29, 0.717) is 31.5 Å². The van der Waals surface area contributed by atoms with Crippen molar-refractivity contribution in [2.24, 2.45) is 0 Å². The molecule has 1 atom stereocenters. The largest absolute Gasteiger partial charge is 0.368 e. The van der Waals surface area contributed by atoms with Gasteiger partial charge in [-0.25, -0.2) is 4.39 Å². The standard InChI is InChI=1S/C18H22ClFN2O3/c1-25-18(8-3-2-4-9-18)17(24)21-15-7-10-22(16(15)23)12-5-6-14(20)13(19)11-12/h5-6,11,15H,2-4,7-10H2,1H3,(H,21,24). The van der Waals surface area contributed by atoms with Crippen molar-refractivity contribution in [2.45, 2.75) is 50.2 Å². The molecule has 25 heavy (non-hydrogen) atoms. The van der Waals surface area contributed by atoms with E-state index in [9.17, 15) is 14.0 Å². The molecule has 2 fully saturated rings. The van der Waals surface area contributed by atoms with E-state index in [1.165, 1.54) is 23.1 Å². The van der Waals surface area contributed by atoms with E-state index in [1.54, 1.807) is 7.11 Å². The number of halogens is 2. The quantitative estimate of drug-likeness (QED) is 0.888. The van der Waals surface area contributed by atoms with Crippen molar-refractivity contribution in [3.05, 3.63) is 29.0 Å². The van der Waals surface area contributed by atoms with Crippen molar-refractivity contribution in [3.63, 3.8) is 0 Å². The number of nitrogens with one attached hydrogen (secondary N) is 1. The highest BCUT2D eigenvalue weighted by Gasteiger charge is 2.43. The maximum atomic E-state index is 13.3. The molecule has 2 amide bonds. The molecule has 1 aromatic carbocycles. The Morgan fingerprint density at radius 3 is 2.72 bits per heavy atom. The Kier molecular flexibility index (Phi) is 5.29. The van der Waals surface area contributed by atoms with Crippen LogP contribution in [0.1, 0.15) is 38.5 Å². The molecule has 3 rings (SSSR count). The summed E-state index contributed by atoms with van der Waals surface area (Å²) in [5, 5.41) is 2.82. The molecule has 1 saturated carbocycles. The van der Waals surface area contributed by atoms with Gasteiger partial charge in [0.2, 0.25) is 5.91 Å². The molecular formula is C18H22ClFN2O3. The lowest BCUT2D eigenvalue weighted by Gasteiger charge is -2.35. The Labute approximate surface area is 151 Å². The van der Waals surface area contributed by atoms with E-state index in [2.05, 4.69) is 5.32 Å². The molecule has 136 valence electrons. The van der Waals surface area contributed by atoms with E-state index in [-0.39, 0.29) is 16.8 Å². The maximum Gasteiger partial charge on any atom is 0.252 e. The molecule has 0 radical (unpaired) electrons. The van der Waals surface area contributed by atoms with E-state index < -0.39 is 17.5 Å². The van der Waals surface area contributed by atoms with E-state index in [1.807, 2.05) is 0 Å². The number of anilines is 1. The van der Waals surface area contributed by atoms with Gasteiger partial charge in [0, 0.05) is 19.3 Å². The predicted octanol–water partition coefficient (Wildman–Crippen LogP) is 3.05. The van der Waals surface area contributed by atoms with Crippen LogP contribution in [0.3, 0.4) is 0 Å². The molecule has 7 heteroatoms. The van der Waals surface area contributed by atoms with Crippen LogP contribution in [0.25, 0.3) is 0 Å². The first-order valence-corrected chi connectivity index (χ1v) is 8.97. The molecule has 2 aliphatic rings. The molecule has 0 aromatic heterocycles. The summed E-state index contributed by atoms with van der Waals surface area (Å²) in [4.78, 5) is 26.9. The Balaban J connectivity index is 1.69. The second-order valence-electron chi connectivity index (χ2n) is 6.66. The zero-order chi connectivity index (χ0) is 18.0. The topological polar surface area (TPSA) is 58.6 Å². The summed E-state index contributed by atoms with van der Waals surface area (Å²) < 4.78 is 18.8. The normalized spacial score (nSPS) is 22.9. The van der Waals surface area contributed by atoms with Gasteiger partial charge < -0.3 is 15.0 Å². The Hall–Kier alpha value is -1.66. The number of nitrogens with zero attached hydrogens (tertiary/aromatic N) is 1. The number of carbonyl (C=O) groups excluding carboxylic acids is 2. The molecule has 5 nitrogen and oxygen atoms in total. The number of hydrogen-bond donors (Lipinski definition) is 1. The smallest absolute Gasteiger partial charge is 0.252 e. The van der Waals surface area contributed by atoms with Crippen LogP contribution in [-0.2, 0) is 14.3 Å². The van der Waals surface area contributed by atoms with Crippen LogP contribution >= 0.6 is 11.6 Å². The van der Waals surface area contributed by atoms with Crippen molar-refractivity contribution in [1.29, 1.82) is 0 Å². The first-order valence-electron chi connectivity index (χ1n) is 8.59. The summed E-state index contributed by atoms with van der Waals surface area (Å²) in [6.07, 6.45) is 4.83. The summed E-state index contributed by atoms with van der Waals surface area (Å²) in [7, 11) is 1.55. The number of methoxy groups -OCH3 is 1. The minimum atomic E-state index is -0.828. The van der Waals surface area contributed by atoms with E-state index in [0.717, 1.165) is 19.3 Å². The van der Waals surface area contributed by atoms with Crippen LogP contribution in [-0.4, -0.2) is 37.1 Å². The third-order valence-electron chi connectivity index (χ3n) is 5.19. The SMILES string of the molecule is COC1(C(=O)NC2CCN(c3ccc(F)c(Cl)c3)C2=O)CCCCC1. The van der Waals surface area contributed by atoms with Crippen molar-refractivity contribution >= 4 is 29.1 Å². The fourth-order valence-electron chi connectivity index (χ4n) is 3.66. The summed E-state index contributed by atoms with van der Waals surface area (Å²) in [6, 6.07) is 3.58. The third-order valence-corrected chi connectivity index (χ3v) is 5.48. The van der Waals surface area contributed by atoms with Crippen molar-refractivity contribution in [3.8, 4) is 0 Å². The highest BCUT2D eigenvalue weighted by molar-refractivity contribution is 6.31. The first kappa shape index (κ1) is 18.1. The number of rotatable bonds is 4. The molecule has 1 saturated heterocycles. The van der Waals surface area contributed by atoms with Crippen molar-refractivity contribution < 1.29 is 18.7 Å². The van der Waals surface area contributed by atoms with E-state index in [4.69, 9.17) is 16.3 Å². The van der Waals surface area contributed by atoms with Crippen LogP contribution in [0.15, 0.2) is 18.2 Å². The van der Waals surface area contributed by atoms with Crippen LogP contribution in [0.4, 0.5) is 10.1 Å². The number of carbonyl (C=O) groups is 2. The second kappa shape index (κ2) is 7.30. The fourth-order valence-corrected chi connectivity index (χ4v) is 3.83. The number of ether oxygens (including phenoxy) is 1. The minimum Gasteiger partial charge on any atom is -0.368 e. The maximum absolute atomic E-state index is 13.3. The van der Waals surface area contributed by atoms with Gasteiger partial charge in [0.05, 0.1) is 5.02 Å². The number of hydrogen-bond acceptors (Lipinski definition) is 3. The van der Waals surface area contributed by atoms with Crippen LogP contribution < -0.4 is 10.2 Å². The Morgan fingerprint density at radius 2 is 2.08 bits per heavy atom. The van der Waals surface area contributed by atoms with Gasteiger partial charge in [0.1, 0.15) is 17.5 Å². The lowest BCUT2D eigenvalue weighted by Crippen LogP contribution is -2.54. The van der Waals surface area contributed by atoms with Gasteiger partial charge in [-0.15, -0.1) is 0 Å². The molecule has 1 aliphatic heterocycles. The number of benzene rings is 1. The zero-order valence-electron chi connectivity index (χ0n) is 14.2. The molecule has 1 aromatic rings. The summed E-state index contributed by atoms with van der Waals surface area (Å²) >= 11 is 5.80. The van der Waals surface area contributed by atoms with Gasteiger partial charge in [-0.05, 0) is 37.5 Å². The first-order chi connectivity index (χ1) is 12.0. The number of amides is 2. The predicted molar refractivity (Wildman–Crippen MR) is 93.1 cm³/mol. The lowest BCUT2D eigenvalue weighted by molar-refractivity contribution is -0.149. The third kappa shape index (κ3) is 3.51. The fraction of sp³-hybridized carbons (Fsp3) is 0.556. The van der Waals surface area contributed by atoms with Gasteiger partial charge in [-0.3, -0.25) is 9.59 Å². The molecule has 1 aliphatic carbocycles. The minimum absolute atomic E-state index is 0.0293. The van der Waals surface area contributed by atoms with Gasteiger partial charge in [-0.2, -0.15) is 0 Å². The van der Waals surface area contributed by atoms with Gasteiger partial charge in [-0.1, -0.05) is 30.9 Å². The van der Waals surface area contributed by atoms with E-state index >= 15 is 0 Å².